The Kier molecular flexibility index (Phi) is 3.07. The Labute approximate surface area is 71.4 Å². The van der Waals surface area contributed by atoms with Gasteiger partial charge in [0.25, 0.3) is 0 Å². The van der Waals surface area contributed by atoms with Crippen LogP contribution in [0, 0.1) is 0 Å². The third-order valence-electron chi connectivity index (χ3n) is 2.25. The van der Waals surface area contributed by atoms with Crippen molar-refractivity contribution in [3.63, 3.8) is 0 Å². The zero-order chi connectivity index (χ0) is 8.43. The zero-order valence-electron chi connectivity index (χ0n) is 7.54. The average Bonchev–Trinajstić information content (AvgIpc) is 1.94. The molecule has 0 radical (unpaired) electrons. The predicted octanol–water partition coefficient (Wildman–Crippen LogP) is 0.848. The van der Waals surface area contributed by atoms with Gasteiger partial charge in [0.1, 0.15) is 0 Å². The van der Waals surface area contributed by atoms with Crippen molar-refractivity contribution in [2.75, 3.05) is 18.8 Å². The van der Waals surface area contributed by atoms with Crippen molar-refractivity contribution in [3.05, 3.63) is 0 Å². The first-order chi connectivity index (χ1) is 5.11. The summed E-state index contributed by atoms with van der Waals surface area (Å²) >= 11 is 0. The van der Waals surface area contributed by atoms with Crippen LogP contribution in [-0.4, -0.2) is 39.2 Å². The first-order valence-electron chi connectivity index (χ1n) is 4.22. The topological polar surface area (TPSA) is 20.3 Å². The van der Waals surface area contributed by atoms with Gasteiger partial charge in [-0.1, -0.05) is 0 Å². The molecule has 66 valence electrons. The van der Waals surface area contributed by atoms with Gasteiger partial charge in [0, 0.05) is 40.9 Å². The van der Waals surface area contributed by atoms with Crippen LogP contribution in [0.1, 0.15) is 20.8 Å². The third kappa shape index (κ3) is 2.27. The molecule has 11 heavy (non-hydrogen) atoms. The molecule has 1 rings (SSSR count). The molecular formula is C8H17NOS. The lowest BCUT2D eigenvalue weighted by Crippen LogP contribution is -2.45. The highest BCUT2D eigenvalue weighted by atomic mass is 32.2. The first kappa shape index (κ1) is 9.20. The summed E-state index contributed by atoms with van der Waals surface area (Å²) in [4.78, 5) is 2.39. The summed E-state index contributed by atoms with van der Waals surface area (Å²) in [7, 11) is -0.564. The predicted molar refractivity (Wildman–Crippen MR) is 49.2 cm³/mol. The second-order valence-electron chi connectivity index (χ2n) is 3.48. The fraction of sp³-hybridized carbons (Fsp3) is 1.00. The molecule has 0 aromatic heterocycles. The quantitative estimate of drug-likeness (QED) is 0.589. The summed E-state index contributed by atoms with van der Waals surface area (Å²) in [6, 6.07) is 0.606. The minimum Gasteiger partial charge on any atom is -0.299 e. The maximum absolute atomic E-state index is 11.2. The molecule has 0 spiro atoms. The molecule has 1 unspecified atom stereocenters. The van der Waals surface area contributed by atoms with Gasteiger partial charge in [-0.3, -0.25) is 9.11 Å². The van der Waals surface area contributed by atoms with Crippen molar-refractivity contribution < 1.29 is 4.21 Å². The van der Waals surface area contributed by atoms with Gasteiger partial charge in [-0.25, -0.2) is 0 Å². The number of hydrogen-bond acceptors (Lipinski definition) is 2. The summed E-state index contributed by atoms with van der Waals surface area (Å²) < 4.78 is 11.2. The van der Waals surface area contributed by atoms with Crippen LogP contribution in [0.15, 0.2) is 0 Å². The molecule has 1 aliphatic rings. The van der Waals surface area contributed by atoms with Crippen molar-refractivity contribution in [2.45, 2.75) is 32.1 Å². The molecule has 0 aromatic carbocycles. The smallest absolute Gasteiger partial charge is 0.0447 e. The van der Waals surface area contributed by atoms with Crippen LogP contribution in [0.4, 0.5) is 0 Å². The van der Waals surface area contributed by atoms with Crippen LogP contribution in [0.3, 0.4) is 0 Å². The molecule has 0 N–H and O–H groups in total. The fourth-order valence-electron chi connectivity index (χ4n) is 1.38. The van der Waals surface area contributed by atoms with E-state index >= 15 is 0 Å². The van der Waals surface area contributed by atoms with E-state index in [-0.39, 0.29) is 0 Å². The summed E-state index contributed by atoms with van der Waals surface area (Å²) in [6.07, 6.45) is 0. The Hall–Kier alpha value is 0.110. The lowest BCUT2D eigenvalue weighted by atomic mass is 10.3. The van der Waals surface area contributed by atoms with Crippen LogP contribution >= 0.6 is 0 Å². The van der Waals surface area contributed by atoms with E-state index in [2.05, 4.69) is 25.7 Å². The number of hydrogen-bond donors (Lipinski definition) is 0. The highest BCUT2D eigenvalue weighted by Gasteiger charge is 2.23. The third-order valence-corrected chi connectivity index (χ3v) is 3.88. The molecule has 2 atom stereocenters. The maximum atomic E-state index is 11.2. The second-order valence-corrected chi connectivity index (χ2v) is 5.46. The van der Waals surface area contributed by atoms with Crippen molar-refractivity contribution in [3.8, 4) is 0 Å². The van der Waals surface area contributed by atoms with Gasteiger partial charge in [0.15, 0.2) is 0 Å². The first-order valence-corrected chi connectivity index (χ1v) is 5.60. The van der Waals surface area contributed by atoms with Gasteiger partial charge in [0.05, 0.1) is 0 Å². The van der Waals surface area contributed by atoms with E-state index in [0.29, 0.717) is 11.3 Å². The normalized spacial score (nSPS) is 34.5. The molecule has 1 saturated heterocycles. The molecule has 1 heterocycles. The van der Waals surface area contributed by atoms with Crippen LogP contribution in [0.25, 0.3) is 0 Å². The summed E-state index contributed by atoms with van der Waals surface area (Å²) in [5.74, 6) is 0.860. The van der Waals surface area contributed by atoms with Crippen molar-refractivity contribution >= 4 is 10.8 Å². The highest BCUT2D eigenvalue weighted by molar-refractivity contribution is 7.85. The Bertz CT molecular complexity index is 158. The Morgan fingerprint density at radius 2 is 2.18 bits per heavy atom. The molecule has 0 bridgehead atoms. The monoisotopic (exact) mass is 175 g/mol. The van der Waals surface area contributed by atoms with Crippen molar-refractivity contribution in [1.82, 2.24) is 4.90 Å². The molecule has 1 aliphatic heterocycles. The molecule has 0 aliphatic carbocycles. The molecule has 0 aromatic rings. The standard InChI is InChI=1S/C8H17NOS/c1-7(2)9-4-5-11(10)8(3)6-9/h7-8H,4-6H2,1-3H3/t8-,11?/m0/s1. The second kappa shape index (κ2) is 3.68. The van der Waals surface area contributed by atoms with Crippen LogP contribution in [0.2, 0.25) is 0 Å². The van der Waals surface area contributed by atoms with Gasteiger partial charge in [-0.15, -0.1) is 0 Å². The van der Waals surface area contributed by atoms with Crippen molar-refractivity contribution in [2.24, 2.45) is 0 Å². The van der Waals surface area contributed by atoms with E-state index in [1.54, 1.807) is 0 Å². The molecule has 0 saturated carbocycles. The molecule has 2 nitrogen and oxygen atoms in total. The molecular weight excluding hydrogens is 158 g/mol. The van der Waals surface area contributed by atoms with Gasteiger partial charge in [-0.05, 0) is 20.8 Å². The Morgan fingerprint density at radius 3 is 2.64 bits per heavy atom. The van der Waals surface area contributed by atoms with Crippen LogP contribution in [-0.2, 0) is 10.8 Å². The van der Waals surface area contributed by atoms with Crippen LogP contribution in [0.5, 0.6) is 0 Å². The number of rotatable bonds is 1. The van der Waals surface area contributed by atoms with E-state index in [0.717, 1.165) is 18.8 Å². The molecule has 0 amide bonds. The fourth-order valence-corrected chi connectivity index (χ4v) is 2.56. The van der Waals surface area contributed by atoms with E-state index in [4.69, 9.17) is 0 Å². The zero-order valence-corrected chi connectivity index (χ0v) is 8.36. The Morgan fingerprint density at radius 1 is 1.55 bits per heavy atom. The SMILES string of the molecule is CC(C)N1CCS(=O)[C@@H](C)C1. The molecule has 3 heteroatoms. The van der Waals surface area contributed by atoms with Gasteiger partial charge < -0.3 is 0 Å². The largest absolute Gasteiger partial charge is 0.299 e. The van der Waals surface area contributed by atoms with E-state index < -0.39 is 10.8 Å². The highest BCUT2D eigenvalue weighted by Crippen LogP contribution is 2.10. The summed E-state index contributed by atoms with van der Waals surface area (Å²) in [6.45, 7) is 8.48. The van der Waals surface area contributed by atoms with Gasteiger partial charge in [-0.2, -0.15) is 0 Å². The summed E-state index contributed by atoms with van der Waals surface area (Å²) in [5.41, 5.74) is 0. The van der Waals surface area contributed by atoms with Crippen molar-refractivity contribution in [1.29, 1.82) is 0 Å². The minimum absolute atomic E-state index is 0.367. The van der Waals surface area contributed by atoms with E-state index in [1.807, 2.05) is 0 Å². The lowest BCUT2D eigenvalue weighted by molar-refractivity contribution is 0.229. The summed E-state index contributed by atoms with van der Waals surface area (Å²) in [5, 5.41) is 0.367. The van der Waals surface area contributed by atoms with E-state index in [9.17, 15) is 4.21 Å². The van der Waals surface area contributed by atoms with Crippen LogP contribution < -0.4 is 0 Å². The maximum Gasteiger partial charge on any atom is 0.0447 e. The number of nitrogens with zero attached hydrogens (tertiary/aromatic N) is 1. The Balaban J connectivity index is 2.46. The lowest BCUT2D eigenvalue weighted by Gasteiger charge is -2.33. The minimum atomic E-state index is -0.564. The van der Waals surface area contributed by atoms with Gasteiger partial charge in [0.2, 0.25) is 0 Å². The van der Waals surface area contributed by atoms with E-state index in [1.165, 1.54) is 0 Å². The molecule has 1 fully saturated rings. The van der Waals surface area contributed by atoms with Gasteiger partial charge >= 0.3 is 0 Å². The average molecular weight is 175 g/mol.